The summed E-state index contributed by atoms with van der Waals surface area (Å²) < 4.78 is 27.8. The fourth-order valence-electron chi connectivity index (χ4n) is 4.29. The number of carbonyl (C=O) groups is 1. The largest absolute Gasteiger partial charge is 0.514 e. The maximum absolute atomic E-state index is 12.6. The van der Waals surface area contributed by atoms with Gasteiger partial charge in [-0.05, 0) is 24.6 Å². The van der Waals surface area contributed by atoms with Gasteiger partial charge in [0.2, 0.25) is 0 Å². The minimum Gasteiger partial charge on any atom is -0.425 e. The van der Waals surface area contributed by atoms with Crippen LogP contribution in [-0.2, 0) is 30.4 Å². The quantitative estimate of drug-likeness (QED) is 0.359. The second-order valence-corrected chi connectivity index (χ2v) is 8.26. The van der Waals surface area contributed by atoms with E-state index in [4.69, 9.17) is 35.3 Å². The summed E-state index contributed by atoms with van der Waals surface area (Å²) in [6.07, 6.45) is -2.66. The predicted molar refractivity (Wildman–Crippen MR) is 109 cm³/mol. The average Bonchev–Trinajstić information content (AvgIpc) is 3.48. The van der Waals surface area contributed by atoms with E-state index in [9.17, 15) is 14.9 Å². The zero-order chi connectivity index (χ0) is 23.1. The topological polar surface area (TPSA) is 128 Å². The van der Waals surface area contributed by atoms with Gasteiger partial charge < -0.3 is 28.5 Å². The van der Waals surface area contributed by atoms with Crippen LogP contribution in [0.25, 0.3) is 0 Å². The Balaban J connectivity index is 1.28. The molecule has 0 unspecified atom stereocenters. The van der Waals surface area contributed by atoms with Crippen LogP contribution < -0.4 is 4.74 Å². The molecule has 11 nitrogen and oxygen atoms in total. The summed E-state index contributed by atoms with van der Waals surface area (Å²) in [4.78, 5) is 32.1. The highest BCUT2D eigenvalue weighted by Gasteiger charge is 2.51. The number of rotatable bonds is 5. The Kier molecular flexibility index (Phi) is 5.79. The molecule has 3 aliphatic heterocycles. The fourth-order valence-corrected chi connectivity index (χ4v) is 4.42. The summed E-state index contributed by atoms with van der Waals surface area (Å²) in [6.45, 7) is 1.92. The molecule has 0 bridgehead atoms. The van der Waals surface area contributed by atoms with Crippen molar-refractivity contribution in [1.29, 1.82) is 0 Å². The van der Waals surface area contributed by atoms with E-state index in [-0.39, 0.29) is 31.7 Å². The highest BCUT2D eigenvalue weighted by atomic mass is 35.5. The number of ether oxygens (including phenoxy) is 5. The molecule has 0 radical (unpaired) electrons. The summed E-state index contributed by atoms with van der Waals surface area (Å²) in [7, 11) is 0. The monoisotopic (exact) mass is 478 g/mol. The summed E-state index contributed by atoms with van der Waals surface area (Å²) >= 11 is 5.98. The van der Waals surface area contributed by atoms with Crippen LogP contribution in [0, 0.1) is 17.0 Å². The van der Waals surface area contributed by atoms with Crippen molar-refractivity contribution in [3.63, 3.8) is 0 Å². The van der Waals surface area contributed by atoms with Crippen molar-refractivity contribution in [1.82, 2.24) is 4.98 Å². The first-order valence-electron chi connectivity index (χ1n) is 10.2. The SMILES string of the molecule is Cc1ncc2c(c1OC(=O)O[C@@H]1CO[C@H]3[C@@H]1OC[C@H]3O[N+](=O)[O-])CO[C@H]2c1ccc(Cl)cc1. The lowest BCUT2D eigenvalue weighted by atomic mass is 10.0. The molecule has 2 aromatic rings. The smallest absolute Gasteiger partial charge is 0.425 e. The lowest BCUT2D eigenvalue weighted by molar-refractivity contribution is -0.769. The van der Waals surface area contributed by atoms with Crippen molar-refractivity contribution in [2.24, 2.45) is 0 Å². The number of hydrogen-bond donors (Lipinski definition) is 0. The molecule has 2 saturated heterocycles. The molecule has 5 atom stereocenters. The lowest BCUT2D eigenvalue weighted by Crippen LogP contribution is -2.36. The van der Waals surface area contributed by atoms with Gasteiger partial charge in [0, 0.05) is 22.3 Å². The zero-order valence-corrected chi connectivity index (χ0v) is 18.1. The number of halogens is 1. The van der Waals surface area contributed by atoms with E-state index in [1.54, 1.807) is 25.3 Å². The Morgan fingerprint density at radius 1 is 1.15 bits per heavy atom. The van der Waals surface area contributed by atoms with Gasteiger partial charge in [0.25, 0.3) is 5.09 Å². The molecule has 0 amide bonds. The van der Waals surface area contributed by atoms with Gasteiger partial charge in [0.05, 0.1) is 25.5 Å². The van der Waals surface area contributed by atoms with Crippen molar-refractivity contribution >= 4 is 17.8 Å². The summed E-state index contributed by atoms with van der Waals surface area (Å²) in [5.74, 6) is 0.270. The van der Waals surface area contributed by atoms with Crippen molar-refractivity contribution in [3.05, 3.63) is 68.0 Å². The van der Waals surface area contributed by atoms with Crippen LogP contribution in [0.3, 0.4) is 0 Å². The number of aromatic nitrogens is 1. The van der Waals surface area contributed by atoms with E-state index in [1.165, 1.54) is 0 Å². The molecule has 0 spiro atoms. The van der Waals surface area contributed by atoms with E-state index in [0.717, 1.165) is 11.1 Å². The van der Waals surface area contributed by atoms with Crippen LogP contribution in [0.2, 0.25) is 5.02 Å². The molecule has 0 aliphatic carbocycles. The first kappa shape index (κ1) is 21.8. The van der Waals surface area contributed by atoms with Crippen LogP contribution in [0.15, 0.2) is 30.5 Å². The summed E-state index contributed by atoms with van der Waals surface area (Å²) in [6, 6.07) is 7.28. The van der Waals surface area contributed by atoms with E-state index < -0.39 is 35.7 Å². The molecule has 33 heavy (non-hydrogen) atoms. The Bertz CT molecular complexity index is 1080. The minimum absolute atomic E-state index is 0.00783. The minimum atomic E-state index is -0.959. The second kappa shape index (κ2) is 8.75. The third-order valence-corrected chi connectivity index (χ3v) is 6.07. The highest BCUT2D eigenvalue weighted by molar-refractivity contribution is 6.30. The highest BCUT2D eigenvalue weighted by Crippen LogP contribution is 2.41. The van der Waals surface area contributed by atoms with Gasteiger partial charge in [-0.1, -0.05) is 23.7 Å². The van der Waals surface area contributed by atoms with Gasteiger partial charge in [-0.3, -0.25) is 4.98 Å². The molecule has 174 valence electrons. The number of carbonyl (C=O) groups excluding carboxylic acids is 1. The standard InChI is InChI=1S/C21H19ClN2O9/c1-10-17(14-7-28-18(13(14)6-23-10)11-2-4-12(22)5-3-11)32-21(25)31-15-8-29-20-16(33-24(26)27)9-30-19(15)20/h2-6,15-16,18-20H,7-9H2,1H3/t15-,16-,18+,19-,20-/m1/s1. The van der Waals surface area contributed by atoms with Crippen molar-refractivity contribution in [2.45, 2.75) is 44.1 Å². The van der Waals surface area contributed by atoms with Crippen molar-refractivity contribution < 1.29 is 38.4 Å². The van der Waals surface area contributed by atoms with E-state index in [0.29, 0.717) is 16.3 Å². The van der Waals surface area contributed by atoms with Crippen molar-refractivity contribution in [2.75, 3.05) is 13.2 Å². The molecular formula is C21H19ClN2O9. The van der Waals surface area contributed by atoms with Crippen LogP contribution in [-0.4, -0.2) is 53.9 Å². The van der Waals surface area contributed by atoms with E-state index in [2.05, 4.69) is 9.82 Å². The van der Waals surface area contributed by atoms with Crippen LogP contribution in [0.5, 0.6) is 5.75 Å². The third kappa shape index (κ3) is 4.20. The second-order valence-electron chi connectivity index (χ2n) is 7.82. The normalized spacial score (nSPS) is 27.6. The number of fused-ring (bicyclic) bond motifs is 2. The Labute approximate surface area is 192 Å². The molecule has 5 rings (SSSR count). The Hall–Kier alpha value is -2.99. The molecule has 0 saturated carbocycles. The van der Waals surface area contributed by atoms with Gasteiger partial charge in [0.1, 0.15) is 18.3 Å². The predicted octanol–water partition coefficient (Wildman–Crippen LogP) is 2.92. The van der Waals surface area contributed by atoms with Gasteiger partial charge in [-0.25, -0.2) is 4.79 Å². The van der Waals surface area contributed by atoms with Crippen LogP contribution in [0.4, 0.5) is 4.79 Å². The first-order chi connectivity index (χ1) is 15.9. The molecule has 2 fully saturated rings. The molecular weight excluding hydrogens is 460 g/mol. The zero-order valence-electron chi connectivity index (χ0n) is 17.3. The number of pyridine rings is 1. The molecule has 12 heteroatoms. The number of aryl methyl sites for hydroxylation is 1. The molecule has 3 aliphatic rings. The number of nitrogens with zero attached hydrogens (tertiary/aromatic N) is 2. The van der Waals surface area contributed by atoms with E-state index in [1.807, 2.05) is 12.1 Å². The van der Waals surface area contributed by atoms with Crippen LogP contribution in [0.1, 0.15) is 28.5 Å². The molecule has 1 aromatic carbocycles. The van der Waals surface area contributed by atoms with Gasteiger partial charge in [-0.15, -0.1) is 10.1 Å². The number of benzene rings is 1. The van der Waals surface area contributed by atoms with Crippen molar-refractivity contribution in [3.8, 4) is 5.75 Å². The Morgan fingerprint density at radius 3 is 2.58 bits per heavy atom. The van der Waals surface area contributed by atoms with E-state index >= 15 is 0 Å². The van der Waals surface area contributed by atoms with Gasteiger partial charge >= 0.3 is 6.16 Å². The van der Waals surface area contributed by atoms with Gasteiger partial charge in [-0.2, -0.15) is 0 Å². The van der Waals surface area contributed by atoms with Crippen LogP contribution >= 0.6 is 11.6 Å². The third-order valence-electron chi connectivity index (χ3n) is 5.82. The maximum Gasteiger partial charge on any atom is 0.514 e. The first-order valence-corrected chi connectivity index (χ1v) is 10.6. The molecule has 1 aromatic heterocycles. The molecule has 0 N–H and O–H groups in total. The maximum atomic E-state index is 12.6. The molecule has 4 heterocycles. The lowest BCUT2D eigenvalue weighted by Gasteiger charge is -2.17. The number of hydrogen-bond acceptors (Lipinski definition) is 10. The summed E-state index contributed by atoms with van der Waals surface area (Å²) in [5, 5.41) is 10.3. The van der Waals surface area contributed by atoms with Gasteiger partial charge in [0.15, 0.2) is 18.0 Å². The Morgan fingerprint density at radius 2 is 1.85 bits per heavy atom. The summed E-state index contributed by atoms with van der Waals surface area (Å²) in [5.41, 5.74) is 2.89. The average molecular weight is 479 g/mol. The fraction of sp³-hybridized carbons (Fsp3) is 0.429.